The zero-order valence-corrected chi connectivity index (χ0v) is 12.7. The number of benzene rings is 1. The lowest BCUT2D eigenvalue weighted by Crippen LogP contribution is -2.51. The third-order valence-corrected chi connectivity index (χ3v) is 4.08. The zero-order valence-electron chi connectivity index (χ0n) is 12.7. The minimum Gasteiger partial charge on any atom is -0.497 e. The largest absolute Gasteiger partial charge is 0.497 e. The number of morpholine rings is 1. The lowest BCUT2D eigenvalue weighted by atomic mass is 10.00. The molecule has 0 radical (unpaired) electrons. The van der Waals surface area contributed by atoms with Gasteiger partial charge in [-0.25, -0.2) is 0 Å². The van der Waals surface area contributed by atoms with Gasteiger partial charge in [-0.1, -0.05) is 19.1 Å². The van der Waals surface area contributed by atoms with Crippen molar-refractivity contribution in [2.75, 3.05) is 26.8 Å². The maximum atomic E-state index is 6.07. The van der Waals surface area contributed by atoms with Gasteiger partial charge in [0.1, 0.15) is 5.75 Å². The van der Waals surface area contributed by atoms with Gasteiger partial charge in [0.2, 0.25) is 0 Å². The summed E-state index contributed by atoms with van der Waals surface area (Å²) in [5.41, 5.74) is 7.29. The molecule has 1 fully saturated rings. The average molecular weight is 278 g/mol. The standard InChI is InChI=1S/C16H26N2O2/c1-4-14-11-20-12(2)10-18(14)16(9-17)13-6-5-7-15(8-13)19-3/h5-8,12,14,16H,4,9-11,17H2,1-3H3. The van der Waals surface area contributed by atoms with Crippen molar-refractivity contribution in [1.29, 1.82) is 0 Å². The maximum absolute atomic E-state index is 6.07. The highest BCUT2D eigenvalue weighted by atomic mass is 16.5. The Hall–Kier alpha value is -1.10. The maximum Gasteiger partial charge on any atom is 0.119 e. The van der Waals surface area contributed by atoms with Crippen LogP contribution in [0.1, 0.15) is 31.9 Å². The highest BCUT2D eigenvalue weighted by Gasteiger charge is 2.31. The molecule has 0 aromatic heterocycles. The number of hydrogen-bond acceptors (Lipinski definition) is 4. The number of ether oxygens (including phenoxy) is 2. The van der Waals surface area contributed by atoms with E-state index in [2.05, 4.69) is 30.9 Å². The van der Waals surface area contributed by atoms with Crippen molar-refractivity contribution in [2.45, 2.75) is 38.5 Å². The number of methoxy groups -OCH3 is 1. The fraction of sp³-hybridized carbons (Fsp3) is 0.625. The van der Waals surface area contributed by atoms with Crippen LogP contribution in [0, 0.1) is 0 Å². The van der Waals surface area contributed by atoms with Gasteiger partial charge in [0.15, 0.2) is 0 Å². The summed E-state index contributed by atoms with van der Waals surface area (Å²) < 4.78 is 11.1. The third kappa shape index (κ3) is 3.32. The molecule has 1 saturated heterocycles. The molecule has 1 aliphatic heterocycles. The molecule has 0 amide bonds. The van der Waals surface area contributed by atoms with Crippen molar-refractivity contribution in [3.05, 3.63) is 29.8 Å². The minimum atomic E-state index is 0.224. The fourth-order valence-corrected chi connectivity index (χ4v) is 2.92. The Kier molecular flexibility index (Phi) is 5.40. The summed E-state index contributed by atoms with van der Waals surface area (Å²) in [7, 11) is 1.70. The normalized spacial score (nSPS) is 25.4. The average Bonchev–Trinajstić information content (AvgIpc) is 2.48. The van der Waals surface area contributed by atoms with Gasteiger partial charge in [-0.15, -0.1) is 0 Å². The van der Waals surface area contributed by atoms with Crippen LogP contribution in [0.2, 0.25) is 0 Å². The van der Waals surface area contributed by atoms with Crippen molar-refractivity contribution in [3.8, 4) is 5.75 Å². The number of hydrogen-bond donors (Lipinski definition) is 1. The van der Waals surface area contributed by atoms with Gasteiger partial charge < -0.3 is 15.2 Å². The Morgan fingerprint density at radius 2 is 2.30 bits per heavy atom. The van der Waals surface area contributed by atoms with E-state index in [1.807, 2.05) is 12.1 Å². The van der Waals surface area contributed by atoms with Crippen molar-refractivity contribution in [3.63, 3.8) is 0 Å². The predicted octanol–water partition coefficient (Wildman–Crippen LogP) is 2.19. The molecule has 1 heterocycles. The zero-order chi connectivity index (χ0) is 14.5. The van der Waals surface area contributed by atoms with Gasteiger partial charge in [0.25, 0.3) is 0 Å². The van der Waals surface area contributed by atoms with Gasteiger partial charge >= 0.3 is 0 Å². The van der Waals surface area contributed by atoms with Crippen LogP contribution in [0.25, 0.3) is 0 Å². The lowest BCUT2D eigenvalue weighted by molar-refractivity contribution is -0.0719. The molecule has 4 heteroatoms. The van der Waals surface area contributed by atoms with E-state index in [4.69, 9.17) is 15.2 Å². The number of nitrogens with zero attached hydrogens (tertiary/aromatic N) is 1. The van der Waals surface area contributed by atoms with E-state index in [0.717, 1.165) is 25.3 Å². The highest BCUT2D eigenvalue weighted by Crippen LogP contribution is 2.28. The van der Waals surface area contributed by atoms with E-state index >= 15 is 0 Å². The SMILES string of the molecule is CCC1COC(C)CN1C(CN)c1cccc(OC)c1. The van der Waals surface area contributed by atoms with E-state index < -0.39 is 0 Å². The van der Waals surface area contributed by atoms with Gasteiger partial charge in [-0.3, -0.25) is 4.90 Å². The van der Waals surface area contributed by atoms with Crippen LogP contribution >= 0.6 is 0 Å². The summed E-state index contributed by atoms with van der Waals surface area (Å²) in [6, 6.07) is 8.88. The van der Waals surface area contributed by atoms with Crippen LogP contribution in [-0.4, -0.2) is 43.9 Å². The molecule has 0 aliphatic carbocycles. The van der Waals surface area contributed by atoms with Crippen LogP contribution in [0.3, 0.4) is 0 Å². The molecule has 0 spiro atoms. The topological polar surface area (TPSA) is 47.7 Å². The van der Waals surface area contributed by atoms with Crippen LogP contribution < -0.4 is 10.5 Å². The van der Waals surface area contributed by atoms with E-state index in [0.29, 0.717) is 12.6 Å². The summed E-state index contributed by atoms with van der Waals surface area (Å²) in [5, 5.41) is 0. The van der Waals surface area contributed by atoms with Gasteiger partial charge in [-0.05, 0) is 31.0 Å². The van der Waals surface area contributed by atoms with E-state index in [-0.39, 0.29) is 12.1 Å². The van der Waals surface area contributed by atoms with Gasteiger partial charge in [0, 0.05) is 25.2 Å². The predicted molar refractivity (Wildman–Crippen MR) is 81.0 cm³/mol. The first-order valence-corrected chi connectivity index (χ1v) is 7.41. The van der Waals surface area contributed by atoms with Crippen molar-refractivity contribution in [1.82, 2.24) is 4.90 Å². The smallest absolute Gasteiger partial charge is 0.119 e. The van der Waals surface area contributed by atoms with E-state index in [1.54, 1.807) is 7.11 Å². The number of rotatable bonds is 5. The van der Waals surface area contributed by atoms with E-state index in [1.165, 1.54) is 5.56 Å². The first-order valence-electron chi connectivity index (χ1n) is 7.41. The van der Waals surface area contributed by atoms with Crippen LogP contribution in [-0.2, 0) is 4.74 Å². The van der Waals surface area contributed by atoms with Crippen molar-refractivity contribution >= 4 is 0 Å². The Morgan fingerprint density at radius 1 is 1.50 bits per heavy atom. The highest BCUT2D eigenvalue weighted by molar-refractivity contribution is 5.31. The summed E-state index contributed by atoms with van der Waals surface area (Å²) in [6.07, 6.45) is 1.34. The minimum absolute atomic E-state index is 0.224. The molecule has 4 nitrogen and oxygen atoms in total. The molecule has 2 N–H and O–H groups in total. The van der Waals surface area contributed by atoms with Gasteiger partial charge in [0.05, 0.1) is 19.8 Å². The Labute approximate surface area is 121 Å². The Balaban J connectivity index is 2.24. The third-order valence-electron chi connectivity index (χ3n) is 4.08. The molecule has 1 aromatic carbocycles. The second-order valence-electron chi connectivity index (χ2n) is 5.43. The quantitative estimate of drug-likeness (QED) is 0.897. The summed E-state index contributed by atoms with van der Waals surface area (Å²) in [6.45, 7) is 6.65. The van der Waals surface area contributed by atoms with Gasteiger partial charge in [-0.2, -0.15) is 0 Å². The molecule has 3 unspecified atom stereocenters. The van der Waals surface area contributed by atoms with Crippen molar-refractivity contribution in [2.24, 2.45) is 5.73 Å². The van der Waals surface area contributed by atoms with Crippen LogP contribution in [0.5, 0.6) is 5.75 Å². The second-order valence-corrected chi connectivity index (χ2v) is 5.43. The summed E-state index contributed by atoms with van der Waals surface area (Å²) in [5.74, 6) is 0.885. The summed E-state index contributed by atoms with van der Waals surface area (Å²) >= 11 is 0. The first kappa shape index (κ1) is 15.3. The molecule has 0 bridgehead atoms. The van der Waals surface area contributed by atoms with E-state index in [9.17, 15) is 0 Å². The Morgan fingerprint density at radius 3 is 2.95 bits per heavy atom. The molecule has 112 valence electrons. The molecule has 3 atom stereocenters. The molecule has 2 rings (SSSR count). The molecular formula is C16H26N2O2. The molecule has 1 aliphatic rings. The monoisotopic (exact) mass is 278 g/mol. The summed E-state index contributed by atoms with van der Waals surface area (Å²) in [4.78, 5) is 2.49. The first-order chi connectivity index (χ1) is 9.69. The Bertz CT molecular complexity index is 425. The van der Waals surface area contributed by atoms with Crippen LogP contribution in [0.4, 0.5) is 0 Å². The molecular weight excluding hydrogens is 252 g/mol. The second kappa shape index (κ2) is 7.07. The fourth-order valence-electron chi connectivity index (χ4n) is 2.92. The number of nitrogens with two attached hydrogens (primary N) is 1. The van der Waals surface area contributed by atoms with Crippen molar-refractivity contribution < 1.29 is 9.47 Å². The lowest BCUT2D eigenvalue weighted by Gasteiger charge is -2.43. The van der Waals surface area contributed by atoms with Crippen LogP contribution in [0.15, 0.2) is 24.3 Å². The molecule has 20 heavy (non-hydrogen) atoms. The molecule has 0 saturated carbocycles. The molecule has 1 aromatic rings.